The van der Waals surface area contributed by atoms with Crippen LogP contribution in [0.5, 0.6) is 23.0 Å². The molecule has 3 heterocycles. The van der Waals surface area contributed by atoms with Gasteiger partial charge in [0.1, 0.15) is 11.5 Å². The number of nitrogens with zero attached hydrogens (tertiary/aromatic N) is 2. The highest BCUT2D eigenvalue weighted by molar-refractivity contribution is 6.00. The summed E-state index contributed by atoms with van der Waals surface area (Å²) < 4.78 is 22.5. The van der Waals surface area contributed by atoms with Crippen molar-refractivity contribution >= 4 is 22.0 Å². The minimum atomic E-state index is 0.188. The van der Waals surface area contributed by atoms with Crippen LogP contribution in [0.4, 0.5) is 0 Å². The highest BCUT2D eigenvalue weighted by Gasteiger charge is 2.20. The van der Waals surface area contributed by atoms with Gasteiger partial charge in [0.15, 0.2) is 11.5 Å². The number of pyridine rings is 1. The molecular formula is C19H10N2O4. The minimum absolute atomic E-state index is 0.188. The van der Waals surface area contributed by atoms with Crippen LogP contribution in [0, 0.1) is 11.3 Å². The van der Waals surface area contributed by atoms with Crippen LogP contribution in [-0.4, -0.2) is 11.8 Å². The maximum Gasteiger partial charge on any atom is 0.231 e. The number of aromatic nitrogens is 1. The summed E-state index contributed by atoms with van der Waals surface area (Å²) in [5.74, 6) is 2.54. The molecular weight excluding hydrogens is 320 g/mol. The second-order valence-corrected chi connectivity index (χ2v) is 5.54. The lowest BCUT2D eigenvalue weighted by Crippen LogP contribution is -1.92. The standard InChI is InChI=1S/C19H10N2O4/c20-9-11-1-3-12(4-2-11)25-18-13-5-6-22-19(13)21-15-8-17-16(7-14(15)18)23-10-24-17/h1-8H,10H2. The highest BCUT2D eigenvalue weighted by Crippen LogP contribution is 2.42. The maximum atomic E-state index is 8.93. The van der Waals surface area contributed by atoms with Crippen LogP contribution in [0.3, 0.4) is 0 Å². The fourth-order valence-electron chi connectivity index (χ4n) is 2.85. The van der Waals surface area contributed by atoms with Crippen LogP contribution in [0.25, 0.3) is 22.0 Å². The van der Waals surface area contributed by atoms with Gasteiger partial charge in [-0.15, -0.1) is 0 Å². The molecule has 2 aromatic carbocycles. The Labute approximate surface area is 141 Å². The van der Waals surface area contributed by atoms with Gasteiger partial charge >= 0.3 is 0 Å². The van der Waals surface area contributed by atoms with E-state index in [1.807, 2.05) is 18.2 Å². The van der Waals surface area contributed by atoms with E-state index in [2.05, 4.69) is 11.1 Å². The topological polar surface area (TPSA) is 77.5 Å². The van der Waals surface area contributed by atoms with E-state index in [-0.39, 0.29) is 6.79 Å². The summed E-state index contributed by atoms with van der Waals surface area (Å²) in [6.07, 6.45) is 1.57. The summed E-state index contributed by atoms with van der Waals surface area (Å²) in [6.45, 7) is 0.188. The van der Waals surface area contributed by atoms with Gasteiger partial charge in [0, 0.05) is 11.5 Å². The monoisotopic (exact) mass is 330 g/mol. The lowest BCUT2D eigenvalue weighted by molar-refractivity contribution is 0.174. The molecule has 0 unspecified atom stereocenters. The molecule has 0 N–H and O–H groups in total. The molecule has 6 heteroatoms. The first-order valence-corrected chi connectivity index (χ1v) is 7.60. The van der Waals surface area contributed by atoms with Crippen molar-refractivity contribution in [3.63, 3.8) is 0 Å². The molecule has 25 heavy (non-hydrogen) atoms. The lowest BCUT2D eigenvalue weighted by Gasteiger charge is -2.10. The van der Waals surface area contributed by atoms with Gasteiger partial charge in [-0.2, -0.15) is 5.26 Å². The molecule has 1 aliphatic rings. The van der Waals surface area contributed by atoms with Crippen LogP contribution < -0.4 is 14.2 Å². The van der Waals surface area contributed by atoms with E-state index in [1.54, 1.807) is 30.5 Å². The maximum absolute atomic E-state index is 8.93. The minimum Gasteiger partial charge on any atom is -0.456 e. The van der Waals surface area contributed by atoms with Crippen LogP contribution in [0.2, 0.25) is 0 Å². The van der Waals surface area contributed by atoms with Crippen LogP contribution >= 0.6 is 0 Å². The van der Waals surface area contributed by atoms with Crippen molar-refractivity contribution in [1.29, 1.82) is 5.26 Å². The number of rotatable bonds is 2. The molecule has 0 saturated heterocycles. The van der Waals surface area contributed by atoms with E-state index in [0.29, 0.717) is 39.8 Å². The average Bonchev–Trinajstić information content (AvgIpc) is 3.29. The number of hydrogen-bond acceptors (Lipinski definition) is 6. The zero-order valence-corrected chi connectivity index (χ0v) is 12.9. The molecule has 5 rings (SSSR count). The molecule has 6 nitrogen and oxygen atoms in total. The lowest BCUT2D eigenvalue weighted by atomic mass is 10.1. The van der Waals surface area contributed by atoms with Crippen molar-refractivity contribution in [2.75, 3.05) is 6.79 Å². The number of ether oxygens (including phenoxy) is 3. The third-order valence-electron chi connectivity index (χ3n) is 4.05. The largest absolute Gasteiger partial charge is 0.456 e. The summed E-state index contributed by atoms with van der Waals surface area (Å²) in [4.78, 5) is 4.52. The highest BCUT2D eigenvalue weighted by atomic mass is 16.7. The number of hydrogen-bond donors (Lipinski definition) is 0. The molecule has 120 valence electrons. The molecule has 0 radical (unpaired) electrons. The Morgan fingerprint density at radius 3 is 2.60 bits per heavy atom. The van der Waals surface area contributed by atoms with Crippen LogP contribution in [0.1, 0.15) is 5.56 Å². The van der Waals surface area contributed by atoms with E-state index >= 15 is 0 Å². The Bertz CT molecular complexity index is 1160. The van der Waals surface area contributed by atoms with Crippen molar-refractivity contribution in [3.05, 3.63) is 54.3 Å². The molecule has 1 aliphatic heterocycles. The van der Waals surface area contributed by atoms with E-state index in [9.17, 15) is 0 Å². The van der Waals surface area contributed by atoms with Gasteiger partial charge in [-0.3, -0.25) is 0 Å². The fourth-order valence-corrected chi connectivity index (χ4v) is 2.85. The van der Waals surface area contributed by atoms with Gasteiger partial charge in [0.2, 0.25) is 12.5 Å². The van der Waals surface area contributed by atoms with Gasteiger partial charge in [0.05, 0.1) is 28.8 Å². The zero-order chi connectivity index (χ0) is 16.8. The summed E-state index contributed by atoms with van der Waals surface area (Å²) >= 11 is 0. The average molecular weight is 330 g/mol. The van der Waals surface area contributed by atoms with E-state index in [4.69, 9.17) is 23.9 Å². The van der Waals surface area contributed by atoms with E-state index in [0.717, 1.165) is 10.8 Å². The van der Waals surface area contributed by atoms with Gasteiger partial charge in [-0.1, -0.05) is 0 Å². The second kappa shape index (κ2) is 5.14. The number of nitriles is 1. The van der Waals surface area contributed by atoms with Crippen molar-refractivity contribution in [1.82, 2.24) is 4.98 Å². The van der Waals surface area contributed by atoms with Crippen molar-refractivity contribution in [2.45, 2.75) is 0 Å². The summed E-state index contributed by atoms with van der Waals surface area (Å²) in [7, 11) is 0. The van der Waals surface area contributed by atoms with Crippen LogP contribution in [-0.2, 0) is 0 Å². The van der Waals surface area contributed by atoms with Gasteiger partial charge in [0.25, 0.3) is 0 Å². The first kappa shape index (κ1) is 13.7. The van der Waals surface area contributed by atoms with Gasteiger partial charge in [-0.05, 0) is 36.4 Å². The molecule has 0 amide bonds. The Balaban J connectivity index is 1.72. The third kappa shape index (κ3) is 2.14. The number of furan rings is 1. The first-order valence-electron chi connectivity index (χ1n) is 7.60. The van der Waals surface area contributed by atoms with Crippen molar-refractivity contribution in [3.8, 4) is 29.1 Å². The Kier molecular flexibility index (Phi) is 2.82. The van der Waals surface area contributed by atoms with Crippen molar-refractivity contribution < 1.29 is 18.6 Å². The van der Waals surface area contributed by atoms with Gasteiger partial charge in [-0.25, -0.2) is 4.98 Å². The zero-order valence-electron chi connectivity index (χ0n) is 12.9. The Morgan fingerprint density at radius 2 is 1.80 bits per heavy atom. The molecule has 4 aromatic rings. The number of fused-ring (bicyclic) bond motifs is 3. The van der Waals surface area contributed by atoms with Crippen LogP contribution in [0.15, 0.2) is 53.1 Å². The molecule has 0 fully saturated rings. The predicted octanol–water partition coefficient (Wildman–Crippen LogP) is 4.37. The van der Waals surface area contributed by atoms with E-state index in [1.165, 1.54) is 0 Å². The Hall–Kier alpha value is -3.72. The normalized spacial score (nSPS) is 12.4. The van der Waals surface area contributed by atoms with E-state index < -0.39 is 0 Å². The summed E-state index contributed by atoms with van der Waals surface area (Å²) in [5, 5.41) is 10.5. The fraction of sp³-hybridized carbons (Fsp3) is 0.0526. The summed E-state index contributed by atoms with van der Waals surface area (Å²) in [6, 6.07) is 14.5. The quantitative estimate of drug-likeness (QED) is 0.543. The first-order chi connectivity index (χ1) is 12.3. The SMILES string of the molecule is N#Cc1ccc(Oc2c3cc4c(cc3nc3occc23)OCO4)cc1. The molecule has 0 spiro atoms. The molecule has 0 atom stereocenters. The van der Waals surface area contributed by atoms with Gasteiger partial charge < -0.3 is 18.6 Å². The summed E-state index contributed by atoms with van der Waals surface area (Å²) in [5.41, 5.74) is 1.74. The molecule has 0 aliphatic carbocycles. The number of benzene rings is 2. The predicted molar refractivity (Wildman–Crippen MR) is 88.9 cm³/mol. The smallest absolute Gasteiger partial charge is 0.231 e. The molecule has 0 bridgehead atoms. The molecule has 2 aromatic heterocycles. The Morgan fingerprint density at radius 1 is 1.00 bits per heavy atom. The van der Waals surface area contributed by atoms with Crippen molar-refractivity contribution in [2.24, 2.45) is 0 Å². The molecule has 0 saturated carbocycles. The second-order valence-electron chi connectivity index (χ2n) is 5.54. The third-order valence-corrected chi connectivity index (χ3v) is 4.05.